The van der Waals surface area contributed by atoms with Gasteiger partial charge in [-0.2, -0.15) is 0 Å². The van der Waals surface area contributed by atoms with Gasteiger partial charge in [-0.25, -0.2) is 9.59 Å². The quantitative estimate of drug-likeness (QED) is 0.526. The number of nitrogens with one attached hydrogen (secondary N) is 1. The lowest BCUT2D eigenvalue weighted by atomic mass is 10.1. The third-order valence-corrected chi connectivity index (χ3v) is 2.59. The van der Waals surface area contributed by atoms with E-state index in [0.717, 1.165) is 0 Å². The Kier molecular flexibility index (Phi) is 8.42. The second-order valence-electron chi connectivity index (χ2n) is 5.71. The highest BCUT2D eigenvalue weighted by molar-refractivity contribution is 5.79. The minimum atomic E-state index is -1.10. The predicted molar refractivity (Wildman–Crippen MR) is 75.9 cm³/mol. The molecule has 0 radical (unpaired) electrons. The number of hydrogen-bond acceptors (Lipinski definition) is 5. The van der Waals surface area contributed by atoms with Crippen molar-refractivity contribution in [3.05, 3.63) is 0 Å². The van der Waals surface area contributed by atoms with Gasteiger partial charge in [0.1, 0.15) is 11.6 Å². The lowest BCUT2D eigenvalue weighted by Gasteiger charge is -2.22. The highest BCUT2D eigenvalue weighted by atomic mass is 16.6. The van der Waals surface area contributed by atoms with Crippen molar-refractivity contribution in [3.8, 4) is 0 Å². The van der Waals surface area contributed by atoms with Crippen molar-refractivity contribution >= 4 is 18.0 Å². The summed E-state index contributed by atoms with van der Waals surface area (Å²) in [5.74, 6) is -1.38. The summed E-state index contributed by atoms with van der Waals surface area (Å²) in [6.45, 7) is 5.11. The van der Waals surface area contributed by atoms with Crippen LogP contribution in [0, 0.1) is 0 Å². The van der Waals surface area contributed by atoms with Crippen molar-refractivity contribution in [1.82, 2.24) is 5.32 Å². The molecular formula is C14H25NO6. The second-order valence-corrected chi connectivity index (χ2v) is 5.71. The molecule has 0 fully saturated rings. The second kappa shape index (κ2) is 9.20. The molecule has 1 atom stereocenters. The van der Waals surface area contributed by atoms with Gasteiger partial charge >= 0.3 is 18.0 Å². The van der Waals surface area contributed by atoms with Crippen LogP contribution >= 0.6 is 0 Å². The van der Waals surface area contributed by atoms with Gasteiger partial charge in [0.2, 0.25) is 0 Å². The molecule has 7 heteroatoms. The van der Waals surface area contributed by atoms with Gasteiger partial charge in [-0.3, -0.25) is 4.79 Å². The van der Waals surface area contributed by atoms with Crippen LogP contribution in [-0.2, 0) is 19.1 Å². The molecule has 0 aromatic carbocycles. The van der Waals surface area contributed by atoms with Crippen molar-refractivity contribution in [1.29, 1.82) is 0 Å². The molecule has 0 heterocycles. The molecule has 7 nitrogen and oxygen atoms in total. The van der Waals surface area contributed by atoms with E-state index < -0.39 is 23.7 Å². The van der Waals surface area contributed by atoms with Gasteiger partial charge in [0.15, 0.2) is 0 Å². The average Bonchev–Trinajstić information content (AvgIpc) is 2.34. The van der Waals surface area contributed by atoms with E-state index in [0.29, 0.717) is 25.7 Å². The Bertz CT molecular complexity index is 361. The molecule has 0 aliphatic rings. The minimum Gasteiger partial charge on any atom is -0.480 e. The smallest absolute Gasteiger partial charge is 0.408 e. The largest absolute Gasteiger partial charge is 0.480 e. The van der Waals surface area contributed by atoms with E-state index in [4.69, 9.17) is 9.84 Å². The third-order valence-electron chi connectivity index (χ3n) is 2.59. The topological polar surface area (TPSA) is 102 Å². The molecule has 21 heavy (non-hydrogen) atoms. The van der Waals surface area contributed by atoms with E-state index >= 15 is 0 Å². The number of hydrogen-bond donors (Lipinski definition) is 2. The summed E-state index contributed by atoms with van der Waals surface area (Å²) in [5.41, 5.74) is -0.673. The molecule has 1 unspecified atom stereocenters. The van der Waals surface area contributed by atoms with Gasteiger partial charge in [-0.05, 0) is 33.6 Å². The van der Waals surface area contributed by atoms with Crippen LogP contribution in [0.2, 0.25) is 0 Å². The van der Waals surface area contributed by atoms with Crippen molar-refractivity contribution in [3.63, 3.8) is 0 Å². The van der Waals surface area contributed by atoms with Crippen LogP contribution in [0.15, 0.2) is 0 Å². The molecule has 0 aromatic rings. The van der Waals surface area contributed by atoms with Gasteiger partial charge in [-0.15, -0.1) is 0 Å². The van der Waals surface area contributed by atoms with Crippen LogP contribution in [0.3, 0.4) is 0 Å². The molecule has 0 aliphatic carbocycles. The molecule has 2 N–H and O–H groups in total. The number of ether oxygens (including phenoxy) is 2. The molecule has 0 rings (SSSR count). The molecule has 122 valence electrons. The van der Waals surface area contributed by atoms with Crippen molar-refractivity contribution in [2.75, 3.05) is 7.11 Å². The molecule has 0 saturated heterocycles. The van der Waals surface area contributed by atoms with Crippen molar-refractivity contribution < 1.29 is 29.0 Å². The fourth-order valence-corrected chi connectivity index (χ4v) is 1.60. The molecule has 0 aromatic heterocycles. The van der Waals surface area contributed by atoms with E-state index in [2.05, 4.69) is 10.1 Å². The fraction of sp³-hybridized carbons (Fsp3) is 0.786. The molecule has 0 bridgehead atoms. The van der Waals surface area contributed by atoms with Gasteiger partial charge in [0, 0.05) is 6.42 Å². The highest BCUT2D eigenvalue weighted by Crippen LogP contribution is 2.10. The monoisotopic (exact) mass is 303 g/mol. The number of rotatable bonds is 8. The Morgan fingerprint density at radius 2 is 1.76 bits per heavy atom. The van der Waals surface area contributed by atoms with Gasteiger partial charge < -0.3 is 19.9 Å². The number of methoxy groups -OCH3 is 1. The standard InChI is InChI=1S/C14H25NO6/c1-14(2,3)21-13(19)15-10(12(17)18)8-6-5-7-9-11(16)20-4/h10H,5-9H2,1-4H3,(H,15,19)(H,17,18). The fourth-order valence-electron chi connectivity index (χ4n) is 1.60. The van der Waals surface area contributed by atoms with Crippen LogP contribution in [0.1, 0.15) is 52.9 Å². The summed E-state index contributed by atoms with van der Waals surface area (Å²) in [5, 5.41) is 11.4. The van der Waals surface area contributed by atoms with E-state index in [-0.39, 0.29) is 12.4 Å². The van der Waals surface area contributed by atoms with E-state index in [1.54, 1.807) is 20.8 Å². The molecule has 0 spiro atoms. The van der Waals surface area contributed by atoms with E-state index in [9.17, 15) is 14.4 Å². The minimum absolute atomic E-state index is 0.281. The first kappa shape index (κ1) is 19.2. The number of aliphatic carboxylic acids is 1. The normalized spacial score (nSPS) is 12.4. The van der Waals surface area contributed by atoms with Crippen LogP contribution in [0.5, 0.6) is 0 Å². The lowest BCUT2D eigenvalue weighted by Crippen LogP contribution is -2.43. The molecule has 1 amide bonds. The zero-order valence-corrected chi connectivity index (χ0v) is 13.1. The number of carbonyl (C=O) groups excluding carboxylic acids is 2. The van der Waals surface area contributed by atoms with Crippen LogP contribution in [0.4, 0.5) is 4.79 Å². The maximum absolute atomic E-state index is 11.5. The Morgan fingerprint density at radius 3 is 2.24 bits per heavy atom. The van der Waals surface area contributed by atoms with Crippen LogP contribution in [0.25, 0.3) is 0 Å². The van der Waals surface area contributed by atoms with Crippen LogP contribution < -0.4 is 5.32 Å². The van der Waals surface area contributed by atoms with Gasteiger partial charge in [0.25, 0.3) is 0 Å². The van der Waals surface area contributed by atoms with Crippen molar-refractivity contribution in [2.45, 2.75) is 64.5 Å². The first-order chi connectivity index (χ1) is 9.65. The Morgan fingerprint density at radius 1 is 1.14 bits per heavy atom. The van der Waals surface area contributed by atoms with Gasteiger partial charge in [-0.1, -0.05) is 12.8 Å². The van der Waals surface area contributed by atoms with E-state index in [1.807, 2.05) is 0 Å². The molecular weight excluding hydrogens is 278 g/mol. The average molecular weight is 303 g/mol. The van der Waals surface area contributed by atoms with Crippen molar-refractivity contribution in [2.24, 2.45) is 0 Å². The molecule has 0 saturated carbocycles. The third kappa shape index (κ3) is 10.6. The number of carboxylic acid groups (broad SMARTS) is 1. The van der Waals surface area contributed by atoms with E-state index in [1.165, 1.54) is 7.11 Å². The molecule has 0 aliphatic heterocycles. The first-order valence-corrected chi connectivity index (χ1v) is 6.95. The number of amides is 1. The Balaban J connectivity index is 4.06. The highest BCUT2D eigenvalue weighted by Gasteiger charge is 2.23. The Hall–Kier alpha value is -1.79. The van der Waals surface area contributed by atoms with Crippen LogP contribution in [-0.4, -0.2) is 41.9 Å². The number of carboxylic acids is 1. The summed E-state index contributed by atoms with van der Waals surface area (Å²) >= 11 is 0. The number of unbranched alkanes of at least 4 members (excludes halogenated alkanes) is 2. The first-order valence-electron chi connectivity index (χ1n) is 6.95. The maximum Gasteiger partial charge on any atom is 0.408 e. The summed E-state index contributed by atoms with van der Waals surface area (Å²) < 4.78 is 9.53. The lowest BCUT2D eigenvalue weighted by molar-refractivity contribution is -0.141. The number of carbonyl (C=O) groups is 3. The zero-order chi connectivity index (χ0) is 16.5. The maximum atomic E-state index is 11.5. The number of alkyl carbamates (subject to hydrolysis) is 1. The summed E-state index contributed by atoms with van der Waals surface area (Å²) in [6, 6.07) is -0.988. The predicted octanol–water partition coefficient (Wildman–Crippen LogP) is 2.09. The Labute approximate surface area is 125 Å². The zero-order valence-electron chi connectivity index (χ0n) is 13.1. The summed E-state index contributed by atoms with van der Waals surface area (Å²) in [4.78, 5) is 33.5. The van der Waals surface area contributed by atoms with Gasteiger partial charge in [0.05, 0.1) is 7.11 Å². The summed E-state index contributed by atoms with van der Waals surface area (Å²) in [6.07, 6.45) is 1.76. The summed E-state index contributed by atoms with van der Waals surface area (Å²) in [7, 11) is 1.33. The SMILES string of the molecule is COC(=O)CCCCCC(NC(=O)OC(C)(C)C)C(=O)O. The number of esters is 1.